The van der Waals surface area contributed by atoms with Gasteiger partial charge in [-0.15, -0.1) is 0 Å². The van der Waals surface area contributed by atoms with Gasteiger partial charge in [-0.05, 0) is 54.3 Å². The van der Waals surface area contributed by atoms with E-state index in [1.54, 1.807) is 36.4 Å². The van der Waals surface area contributed by atoms with Crippen LogP contribution in [-0.2, 0) is 16.8 Å². The van der Waals surface area contributed by atoms with Gasteiger partial charge in [-0.1, -0.05) is 26.0 Å². The highest BCUT2D eigenvalue weighted by atomic mass is 16.4. The van der Waals surface area contributed by atoms with E-state index in [1.165, 1.54) is 0 Å². The highest BCUT2D eigenvalue weighted by Gasteiger charge is 2.39. The number of nitrogen functional groups attached to an aromatic ring is 1. The van der Waals surface area contributed by atoms with E-state index >= 15 is 0 Å². The van der Waals surface area contributed by atoms with Crippen LogP contribution in [0.1, 0.15) is 37.0 Å². The van der Waals surface area contributed by atoms with Crippen molar-refractivity contribution in [3.05, 3.63) is 59.2 Å². The summed E-state index contributed by atoms with van der Waals surface area (Å²) < 4.78 is 0. The monoisotopic (exact) mass is 323 g/mol. The maximum absolute atomic E-state index is 12.1. The molecule has 5 nitrogen and oxygen atoms in total. The van der Waals surface area contributed by atoms with Gasteiger partial charge in [-0.3, -0.25) is 0 Å². The van der Waals surface area contributed by atoms with Crippen molar-refractivity contribution in [1.82, 2.24) is 0 Å². The fourth-order valence-corrected chi connectivity index (χ4v) is 2.74. The number of aryl methyl sites for hydroxylation is 1. The summed E-state index contributed by atoms with van der Waals surface area (Å²) >= 11 is 0. The number of carboxylic acid groups (broad SMARTS) is 1. The largest absolute Gasteiger partial charge is 0.479 e. The number of anilines is 2. The average Bonchev–Trinajstić information content (AvgIpc) is 2.60. The van der Waals surface area contributed by atoms with Gasteiger partial charge < -0.3 is 16.2 Å². The number of nitrogens with one attached hydrogen (secondary N) is 1. The van der Waals surface area contributed by atoms with E-state index in [9.17, 15) is 9.90 Å². The molecule has 0 radical (unpaired) electrons. The van der Waals surface area contributed by atoms with Crippen molar-refractivity contribution in [3.63, 3.8) is 0 Å². The minimum Gasteiger partial charge on any atom is -0.479 e. The molecule has 1 unspecified atom stereocenters. The highest BCUT2D eigenvalue weighted by Crippen LogP contribution is 2.32. The molecular formula is C19H21N3O2. The van der Waals surface area contributed by atoms with Gasteiger partial charge in [-0.25, -0.2) is 4.79 Å². The Hall–Kier alpha value is -3.00. The molecule has 2 rings (SSSR count). The Morgan fingerprint density at radius 1 is 1.25 bits per heavy atom. The number of nitrogens with two attached hydrogens (primary N) is 1. The SMILES string of the molecule is CCc1cc(C(CC)(Nc2ccc(C#N)cc2)C(=O)O)ccc1N. The van der Waals surface area contributed by atoms with Crippen LogP contribution in [0.3, 0.4) is 0 Å². The second-order valence-corrected chi connectivity index (χ2v) is 5.65. The Morgan fingerprint density at radius 2 is 1.92 bits per heavy atom. The molecule has 0 amide bonds. The van der Waals surface area contributed by atoms with Crippen molar-refractivity contribution in [2.75, 3.05) is 11.1 Å². The molecule has 5 heteroatoms. The van der Waals surface area contributed by atoms with E-state index in [0.29, 0.717) is 28.9 Å². The van der Waals surface area contributed by atoms with Crippen molar-refractivity contribution in [1.29, 1.82) is 5.26 Å². The van der Waals surface area contributed by atoms with Crippen LogP contribution in [0.25, 0.3) is 0 Å². The molecule has 2 aromatic rings. The molecule has 4 N–H and O–H groups in total. The van der Waals surface area contributed by atoms with Crippen LogP contribution in [-0.4, -0.2) is 11.1 Å². The lowest BCUT2D eigenvalue weighted by Crippen LogP contribution is -2.43. The van der Waals surface area contributed by atoms with E-state index in [1.807, 2.05) is 26.0 Å². The lowest BCUT2D eigenvalue weighted by molar-refractivity contribution is -0.142. The fraction of sp³-hybridized carbons (Fsp3) is 0.263. The summed E-state index contributed by atoms with van der Waals surface area (Å²) in [5, 5.41) is 21.9. The number of carboxylic acids is 1. The summed E-state index contributed by atoms with van der Waals surface area (Å²) in [6, 6.07) is 14.1. The van der Waals surface area contributed by atoms with Crippen LogP contribution in [0.15, 0.2) is 42.5 Å². The second kappa shape index (κ2) is 7.05. The molecule has 0 saturated carbocycles. The van der Waals surface area contributed by atoms with Crippen LogP contribution in [0.4, 0.5) is 11.4 Å². The van der Waals surface area contributed by atoms with Crippen LogP contribution >= 0.6 is 0 Å². The van der Waals surface area contributed by atoms with Gasteiger partial charge in [0.15, 0.2) is 5.54 Å². The summed E-state index contributed by atoms with van der Waals surface area (Å²) in [5.41, 5.74) is 8.11. The van der Waals surface area contributed by atoms with Crippen LogP contribution in [0.5, 0.6) is 0 Å². The molecule has 124 valence electrons. The first-order chi connectivity index (χ1) is 11.5. The zero-order valence-corrected chi connectivity index (χ0v) is 13.8. The van der Waals surface area contributed by atoms with Crippen molar-refractivity contribution >= 4 is 17.3 Å². The van der Waals surface area contributed by atoms with E-state index < -0.39 is 11.5 Å². The number of benzene rings is 2. The topological polar surface area (TPSA) is 99.1 Å². The van der Waals surface area contributed by atoms with Gasteiger partial charge in [0.2, 0.25) is 0 Å². The predicted octanol–water partition coefficient (Wildman–Crippen LogP) is 3.50. The standard InChI is InChI=1S/C19H21N3O2/c1-3-14-11-15(7-10-17(14)21)19(4-2,18(23)24)22-16-8-5-13(12-20)6-9-16/h5-11,22H,3-4,21H2,1-2H3,(H,23,24). The van der Waals surface area contributed by atoms with E-state index in [2.05, 4.69) is 5.32 Å². The van der Waals surface area contributed by atoms with Gasteiger partial charge in [0, 0.05) is 11.4 Å². The van der Waals surface area contributed by atoms with Crippen molar-refractivity contribution in [3.8, 4) is 6.07 Å². The first kappa shape index (κ1) is 17.4. The Balaban J connectivity index is 2.49. The van der Waals surface area contributed by atoms with Gasteiger partial charge in [0.25, 0.3) is 0 Å². The molecule has 0 fully saturated rings. The number of hydrogen-bond acceptors (Lipinski definition) is 4. The first-order valence-corrected chi connectivity index (χ1v) is 7.87. The van der Waals surface area contributed by atoms with Gasteiger partial charge in [-0.2, -0.15) is 5.26 Å². The lowest BCUT2D eigenvalue weighted by Gasteiger charge is -2.31. The van der Waals surface area contributed by atoms with Crippen molar-refractivity contribution in [2.45, 2.75) is 32.2 Å². The second-order valence-electron chi connectivity index (χ2n) is 5.65. The average molecular weight is 323 g/mol. The molecule has 0 aromatic heterocycles. The maximum atomic E-state index is 12.1. The molecule has 0 spiro atoms. The molecule has 0 saturated heterocycles. The van der Waals surface area contributed by atoms with Gasteiger partial charge >= 0.3 is 5.97 Å². The van der Waals surface area contributed by atoms with Crippen molar-refractivity contribution in [2.24, 2.45) is 0 Å². The van der Waals surface area contributed by atoms with Crippen LogP contribution in [0, 0.1) is 11.3 Å². The van der Waals surface area contributed by atoms with E-state index in [-0.39, 0.29) is 0 Å². The smallest absolute Gasteiger partial charge is 0.334 e. The zero-order chi connectivity index (χ0) is 17.7. The Kier molecular flexibility index (Phi) is 5.10. The molecule has 0 aliphatic rings. The number of rotatable bonds is 6. The minimum absolute atomic E-state index is 0.357. The molecule has 1 atom stereocenters. The zero-order valence-electron chi connectivity index (χ0n) is 13.8. The summed E-state index contributed by atoms with van der Waals surface area (Å²) in [7, 11) is 0. The minimum atomic E-state index is -1.26. The third kappa shape index (κ3) is 3.18. The third-order valence-corrected chi connectivity index (χ3v) is 4.28. The fourth-order valence-electron chi connectivity index (χ4n) is 2.74. The Morgan fingerprint density at radius 3 is 2.42 bits per heavy atom. The molecular weight excluding hydrogens is 302 g/mol. The van der Waals surface area contributed by atoms with Gasteiger partial charge in [0.1, 0.15) is 0 Å². The summed E-state index contributed by atoms with van der Waals surface area (Å²) in [4.78, 5) is 12.1. The van der Waals surface area contributed by atoms with E-state index in [0.717, 1.165) is 12.0 Å². The summed E-state index contributed by atoms with van der Waals surface area (Å²) in [5.74, 6) is -0.957. The summed E-state index contributed by atoms with van der Waals surface area (Å²) in [6.45, 7) is 3.81. The van der Waals surface area contributed by atoms with Crippen LogP contribution < -0.4 is 11.1 Å². The molecule has 0 heterocycles. The van der Waals surface area contributed by atoms with Crippen LogP contribution in [0.2, 0.25) is 0 Å². The molecule has 24 heavy (non-hydrogen) atoms. The van der Waals surface area contributed by atoms with Gasteiger partial charge in [0.05, 0.1) is 11.6 Å². The Labute approximate surface area is 141 Å². The normalized spacial score (nSPS) is 12.9. The number of aliphatic carboxylic acids is 1. The molecule has 2 aromatic carbocycles. The third-order valence-electron chi connectivity index (χ3n) is 4.28. The molecule has 0 bridgehead atoms. The number of nitriles is 1. The molecule has 0 aliphatic carbocycles. The van der Waals surface area contributed by atoms with E-state index in [4.69, 9.17) is 11.0 Å². The summed E-state index contributed by atoms with van der Waals surface area (Å²) in [6.07, 6.45) is 1.09. The number of hydrogen-bond donors (Lipinski definition) is 3. The lowest BCUT2D eigenvalue weighted by atomic mass is 9.85. The maximum Gasteiger partial charge on any atom is 0.334 e. The Bertz CT molecular complexity index is 778. The number of nitrogens with zero attached hydrogens (tertiary/aromatic N) is 1. The predicted molar refractivity (Wildman–Crippen MR) is 94.6 cm³/mol. The number of carbonyl (C=O) groups is 1. The van der Waals surface area contributed by atoms with Crippen molar-refractivity contribution < 1.29 is 9.90 Å². The molecule has 0 aliphatic heterocycles. The quantitative estimate of drug-likeness (QED) is 0.707. The highest BCUT2D eigenvalue weighted by molar-refractivity contribution is 5.85. The first-order valence-electron chi connectivity index (χ1n) is 7.87.